The van der Waals surface area contributed by atoms with Gasteiger partial charge in [0.15, 0.2) is 0 Å². The maximum Gasteiger partial charge on any atom is 1.00 e. The Labute approximate surface area is 348 Å². The van der Waals surface area contributed by atoms with Gasteiger partial charge in [0.05, 0.1) is 21.4 Å². The predicted octanol–water partition coefficient (Wildman–Crippen LogP) is -2.82. The number of nitrogens with one attached hydrogen (secondary N) is 2. The van der Waals surface area contributed by atoms with Crippen LogP contribution >= 0.6 is 0 Å². The first-order valence-electron chi connectivity index (χ1n) is 14.7. The van der Waals surface area contributed by atoms with E-state index in [0.29, 0.717) is 38.8 Å². The molecule has 0 fully saturated rings. The number of rotatable bonds is 2. The summed E-state index contributed by atoms with van der Waals surface area (Å²) in [7, 11) is -8.21. The minimum absolute atomic E-state index is 0. The Bertz CT molecular complexity index is 3270. The minimum Gasteiger partial charge on any atom is -0.744 e. The van der Waals surface area contributed by atoms with E-state index in [9.17, 15) is 25.9 Å². The summed E-state index contributed by atoms with van der Waals surface area (Å²) in [5.74, 6) is 0.865. The number of aromatic nitrogens is 4. The van der Waals surface area contributed by atoms with Crippen LogP contribution in [0.5, 0.6) is 0 Å². The third-order valence-electron chi connectivity index (χ3n) is 8.59. The molecular formula is C33H19CuN8Na2O6S2. The van der Waals surface area contributed by atoms with Crippen LogP contribution in [-0.4, -0.2) is 40.5 Å². The van der Waals surface area contributed by atoms with Gasteiger partial charge in [0.1, 0.15) is 42.8 Å². The van der Waals surface area contributed by atoms with Crippen molar-refractivity contribution in [3.05, 3.63) is 107 Å². The maximum absolute atomic E-state index is 12.5. The van der Waals surface area contributed by atoms with E-state index < -0.39 is 30.0 Å². The predicted molar refractivity (Wildman–Crippen MR) is 176 cm³/mol. The number of aromatic amines is 2. The Morgan fingerprint density at radius 2 is 0.962 bits per heavy atom. The first-order valence-corrected chi connectivity index (χ1v) is 17.5. The second-order valence-corrected chi connectivity index (χ2v) is 14.1. The molecule has 0 saturated carbocycles. The molecule has 0 amide bonds. The molecular weight excluding hydrogens is 778 g/mol. The van der Waals surface area contributed by atoms with Crippen LogP contribution < -0.4 is 86.0 Å². The van der Waals surface area contributed by atoms with E-state index in [1.807, 2.05) is 48.5 Å². The molecule has 0 radical (unpaired) electrons. The molecule has 5 heterocycles. The largest absolute Gasteiger partial charge is 1.00 e. The van der Waals surface area contributed by atoms with Gasteiger partial charge in [-0.1, -0.05) is 72.8 Å². The van der Waals surface area contributed by atoms with E-state index in [1.165, 1.54) is 24.3 Å². The maximum atomic E-state index is 12.5. The van der Waals surface area contributed by atoms with Crippen LogP contribution in [0.25, 0.3) is 43.1 Å². The molecule has 2 N–H and O–H groups in total. The monoisotopic (exact) mass is 796 g/mol. The summed E-state index contributed by atoms with van der Waals surface area (Å²) in [4.78, 5) is 29.2. The molecule has 14 nitrogen and oxygen atoms in total. The zero-order valence-corrected chi connectivity index (χ0v) is 33.9. The van der Waals surface area contributed by atoms with E-state index in [4.69, 9.17) is 20.0 Å². The van der Waals surface area contributed by atoms with Crippen molar-refractivity contribution in [3.63, 3.8) is 0 Å². The molecule has 19 heteroatoms. The molecule has 0 aliphatic carbocycles. The zero-order valence-electron chi connectivity index (χ0n) is 27.3. The molecule has 9 rings (SSSR count). The Hall–Kier alpha value is -3.42. The number of fused-ring (bicyclic) bond motifs is 20. The van der Waals surface area contributed by atoms with Gasteiger partial charge in [0.2, 0.25) is 0 Å². The van der Waals surface area contributed by atoms with Crippen molar-refractivity contribution in [1.29, 1.82) is 0 Å². The van der Waals surface area contributed by atoms with Crippen LogP contribution in [0.1, 0.15) is 0 Å². The standard InChI is InChI=1S/C33H21N8O6S2.Cu.2Na/c1-41-32-18-10-4-5-11-19(18)33(41)40-31-25-21(13-7-15-23(25)49(45,46)47)29(38-31)35-28-20-12-6-14-22(48(42,43)44)24(20)30(37-28)36-26-16-8-2-3-9-17(16)27(34-26)39-32;;;/h2-15H,1H3,(H4-,34,35,36,37,38,39,40,42,43,44,45,46,47);;;/q-1;3*+1/p-2. The van der Waals surface area contributed by atoms with Crippen LogP contribution in [0, 0.1) is 0 Å². The Kier molecular flexibility index (Phi) is 10.1. The smallest absolute Gasteiger partial charge is 0.744 e. The molecule has 1 aliphatic heterocycles. The van der Waals surface area contributed by atoms with Gasteiger partial charge in [-0.3, -0.25) is 0 Å². The molecule has 8 bridgehead atoms. The molecule has 1 aliphatic rings. The molecule has 4 aromatic heterocycles. The second kappa shape index (κ2) is 13.8. The summed E-state index contributed by atoms with van der Waals surface area (Å²) in [5.41, 5.74) is 0.823. The van der Waals surface area contributed by atoms with Crippen molar-refractivity contribution in [1.82, 2.24) is 19.5 Å². The zero-order chi connectivity index (χ0) is 33.8. The summed E-state index contributed by atoms with van der Waals surface area (Å²) >= 11 is 0. The fraction of sp³-hybridized carbons (Fsp3) is 0.0303. The summed E-state index contributed by atoms with van der Waals surface area (Å²) in [5, 5.41) is 3.22. The fourth-order valence-corrected chi connectivity index (χ4v) is 7.88. The SMILES string of the molecule is Cn1c2c3ccccc3c1=Nc1[nH]c(c3cccc(S(=O)(=O)[O-])c13)N=c1[n-]c(c3c(S(=O)(=O)[O-])cccc13)=Nc1[nH]c(c3ccccc13)N=2.[Cu+].[Na+].[Na+]. The van der Waals surface area contributed by atoms with E-state index in [0.717, 1.165) is 5.39 Å². The van der Waals surface area contributed by atoms with Crippen molar-refractivity contribution in [3.8, 4) is 0 Å². The molecule has 52 heavy (non-hydrogen) atoms. The molecule has 0 spiro atoms. The van der Waals surface area contributed by atoms with E-state index >= 15 is 0 Å². The van der Waals surface area contributed by atoms with Gasteiger partial charge in [-0.05, 0) is 17.5 Å². The fourth-order valence-electron chi connectivity index (χ4n) is 6.48. The quantitative estimate of drug-likeness (QED) is 0.138. The molecule has 252 valence electrons. The average molecular weight is 797 g/mol. The summed E-state index contributed by atoms with van der Waals surface area (Å²) in [6, 6.07) is 23.1. The average Bonchev–Trinajstić information content (AvgIpc) is 3.78. The van der Waals surface area contributed by atoms with Gasteiger partial charge in [0, 0.05) is 55.7 Å². The van der Waals surface area contributed by atoms with Gasteiger partial charge < -0.3 is 38.6 Å². The topological polar surface area (TPSA) is 214 Å². The van der Waals surface area contributed by atoms with E-state index in [-0.39, 0.29) is 120 Å². The molecule has 0 saturated heterocycles. The van der Waals surface area contributed by atoms with Gasteiger partial charge in [-0.15, -0.1) is 0 Å². The second-order valence-electron chi connectivity index (χ2n) is 11.4. The molecule has 0 atom stereocenters. The summed E-state index contributed by atoms with van der Waals surface area (Å²) in [6.07, 6.45) is 0. The normalized spacial score (nSPS) is 12.6. The number of benzene rings is 4. The van der Waals surface area contributed by atoms with Crippen molar-refractivity contribution in [2.24, 2.45) is 27.0 Å². The van der Waals surface area contributed by atoms with Crippen LogP contribution in [0.4, 0.5) is 23.3 Å². The van der Waals surface area contributed by atoms with E-state index in [2.05, 4.69) is 15.0 Å². The van der Waals surface area contributed by atoms with E-state index in [1.54, 1.807) is 23.7 Å². The van der Waals surface area contributed by atoms with Gasteiger partial charge in [0.25, 0.3) is 0 Å². The molecule has 0 unspecified atom stereocenters. The Balaban J connectivity index is 0.00000155. The van der Waals surface area contributed by atoms with Crippen molar-refractivity contribution < 1.29 is 102 Å². The first-order chi connectivity index (χ1) is 23.5. The van der Waals surface area contributed by atoms with Crippen LogP contribution in [-0.2, 0) is 44.4 Å². The van der Waals surface area contributed by atoms with Crippen LogP contribution in [0.3, 0.4) is 0 Å². The number of H-pyrrole nitrogens is 2. The van der Waals surface area contributed by atoms with Crippen molar-refractivity contribution in [2.75, 3.05) is 0 Å². The van der Waals surface area contributed by atoms with Crippen LogP contribution in [0.2, 0.25) is 0 Å². The van der Waals surface area contributed by atoms with Crippen molar-refractivity contribution >= 4 is 86.6 Å². The van der Waals surface area contributed by atoms with Crippen molar-refractivity contribution in [2.45, 2.75) is 9.79 Å². The first kappa shape index (κ1) is 38.3. The third kappa shape index (κ3) is 6.04. The number of hydrogen-bond acceptors (Lipinski definition) is 10. The third-order valence-corrected chi connectivity index (χ3v) is 10.3. The number of nitrogens with zero attached hydrogens (tertiary/aromatic N) is 6. The van der Waals surface area contributed by atoms with Gasteiger partial charge >= 0.3 is 76.2 Å². The van der Waals surface area contributed by atoms with Crippen LogP contribution in [0.15, 0.2) is 115 Å². The Morgan fingerprint density at radius 1 is 0.538 bits per heavy atom. The molecule has 4 aromatic carbocycles. The van der Waals surface area contributed by atoms with Gasteiger partial charge in [-0.2, -0.15) is 0 Å². The molecule has 8 aromatic rings. The number of hydrogen-bond donors (Lipinski definition) is 2. The minimum atomic E-state index is -4.99. The Morgan fingerprint density at radius 3 is 1.54 bits per heavy atom. The summed E-state index contributed by atoms with van der Waals surface area (Å²) in [6.45, 7) is 0. The summed E-state index contributed by atoms with van der Waals surface area (Å²) < 4.78 is 76.8. The van der Waals surface area contributed by atoms with Gasteiger partial charge in [-0.25, -0.2) is 26.8 Å².